The van der Waals surface area contributed by atoms with Crippen molar-refractivity contribution in [2.24, 2.45) is 14.1 Å². The lowest BCUT2D eigenvalue weighted by Gasteiger charge is -2.14. The van der Waals surface area contributed by atoms with Gasteiger partial charge in [-0.2, -0.15) is 0 Å². The summed E-state index contributed by atoms with van der Waals surface area (Å²) in [5, 5.41) is 14.8. The van der Waals surface area contributed by atoms with Gasteiger partial charge in [0, 0.05) is 39.5 Å². The summed E-state index contributed by atoms with van der Waals surface area (Å²) >= 11 is 0. The second-order valence-electron chi connectivity index (χ2n) is 6.89. The van der Waals surface area contributed by atoms with Crippen molar-refractivity contribution in [2.75, 3.05) is 12.4 Å². The van der Waals surface area contributed by atoms with Crippen molar-refractivity contribution < 1.29 is 4.92 Å². The second-order valence-corrected chi connectivity index (χ2v) is 6.89. The van der Waals surface area contributed by atoms with E-state index in [0.29, 0.717) is 28.0 Å². The molecule has 30 heavy (non-hydrogen) atoms. The molecule has 0 unspecified atom stereocenters. The number of rotatable bonds is 4. The van der Waals surface area contributed by atoms with E-state index in [9.17, 15) is 19.7 Å². The fourth-order valence-electron chi connectivity index (χ4n) is 3.65. The Balaban J connectivity index is 2.22. The Morgan fingerprint density at radius 2 is 1.70 bits per heavy atom. The molecule has 0 amide bonds. The Morgan fingerprint density at radius 1 is 1.00 bits per heavy atom. The van der Waals surface area contributed by atoms with Crippen molar-refractivity contribution in [3.05, 3.63) is 85.7 Å². The van der Waals surface area contributed by atoms with Crippen molar-refractivity contribution in [3.8, 4) is 16.9 Å². The summed E-state index contributed by atoms with van der Waals surface area (Å²) in [7, 11) is 4.74. The zero-order valence-electron chi connectivity index (χ0n) is 16.6. The van der Waals surface area contributed by atoms with Gasteiger partial charge in [-0.05, 0) is 11.6 Å². The first-order chi connectivity index (χ1) is 14.3. The molecule has 2 aromatic carbocycles. The highest BCUT2D eigenvalue weighted by molar-refractivity contribution is 5.95. The summed E-state index contributed by atoms with van der Waals surface area (Å²) in [4.78, 5) is 36.5. The molecule has 0 fully saturated rings. The number of nitrogens with zero attached hydrogens (tertiary/aromatic N) is 4. The highest BCUT2D eigenvalue weighted by Gasteiger charge is 2.22. The van der Waals surface area contributed by atoms with Gasteiger partial charge in [-0.3, -0.25) is 24.0 Å². The number of hydrogen-bond donors (Lipinski definition) is 1. The number of anilines is 1. The van der Waals surface area contributed by atoms with Crippen LogP contribution in [0.5, 0.6) is 0 Å². The summed E-state index contributed by atoms with van der Waals surface area (Å²) in [5.74, 6) is 0. The van der Waals surface area contributed by atoms with Gasteiger partial charge in [-0.1, -0.05) is 30.3 Å². The molecule has 9 nitrogen and oxygen atoms in total. The number of non-ortho nitro benzene ring substituents is 1. The van der Waals surface area contributed by atoms with Crippen LogP contribution < -0.4 is 16.6 Å². The van der Waals surface area contributed by atoms with Crippen LogP contribution in [0.15, 0.2) is 64.3 Å². The van der Waals surface area contributed by atoms with Gasteiger partial charge in [-0.15, -0.1) is 0 Å². The van der Waals surface area contributed by atoms with Gasteiger partial charge in [0.25, 0.3) is 11.2 Å². The van der Waals surface area contributed by atoms with Gasteiger partial charge < -0.3 is 9.88 Å². The van der Waals surface area contributed by atoms with Gasteiger partial charge in [-0.25, -0.2) is 4.79 Å². The topological polar surface area (TPSA) is 104 Å². The third-order valence-corrected chi connectivity index (χ3v) is 5.21. The van der Waals surface area contributed by atoms with Crippen LogP contribution in [-0.2, 0) is 14.1 Å². The summed E-state index contributed by atoms with van der Waals surface area (Å²) in [5.41, 5.74) is 1.92. The van der Waals surface area contributed by atoms with Crippen LogP contribution in [0.4, 0.5) is 11.4 Å². The van der Waals surface area contributed by atoms with E-state index in [1.165, 1.54) is 23.7 Å². The number of nitro groups is 1. The van der Waals surface area contributed by atoms with E-state index in [4.69, 9.17) is 0 Å². The van der Waals surface area contributed by atoms with Crippen LogP contribution in [0.3, 0.4) is 0 Å². The largest absolute Gasteiger partial charge is 0.386 e. The minimum atomic E-state index is -0.469. The minimum absolute atomic E-state index is 0.0810. The first-order valence-electron chi connectivity index (χ1n) is 9.18. The van der Waals surface area contributed by atoms with Crippen molar-refractivity contribution in [1.82, 2.24) is 13.7 Å². The number of aromatic nitrogens is 3. The molecule has 4 rings (SSSR count). The SMILES string of the molecule is CNc1ccc([N+](=O)[O-])cc1-n1cc2c(c1-c1ccccc1)c(=O)n(C)c(=O)n2C. The lowest BCUT2D eigenvalue weighted by molar-refractivity contribution is -0.384. The molecule has 0 bridgehead atoms. The van der Waals surface area contributed by atoms with Crippen LogP contribution in [0.1, 0.15) is 0 Å². The number of benzene rings is 2. The van der Waals surface area contributed by atoms with E-state index in [1.54, 1.807) is 30.9 Å². The van der Waals surface area contributed by atoms with E-state index in [2.05, 4.69) is 5.32 Å². The van der Waals surface area contributed by atoms with Gasteiger partial charge in [0.05, 0.1) is 32.9 Å². The van der Waals surface area contributed by atoms with E-state index in [0.717, 1.165) is 10.1 Å². The van der Waals surface area contributed by atoms with Crippen molar-refractivity contribution >= 4 is 22.3 Å². The predicted octanol–water partition coefficient (Wildman–Crippen LogP) is 2.64. The smallest absolute Gasteiger partial charge is 0.330 e. The van der Waals surface area contributed by atoms with E-state index in [-0.39, 0.29) is 5.69 Å². The van der Waals surface area contributed by atoms with Gasteiger partial charge in [0.1, 0.15) is 0 Å². The van der Waals surface area contributed by atoms with Crippen LogP contribution in [0, 0.1) is 10.1 Å². The normalized spacial score (nSPS) is 11.0. The number of aryl methyl sites for hydroxylation is 1. The molecular weight excluding hydrogens is 386 g/mol. The standard InChI is InChI=1S/C21H19N5O4/c1-22-15-10-9-14(26(29)30)11-16(15)25-12-17-18(19(25)13-7-5-4-6-8-13)20(27)24(3)21(28)23(17)2/h4-12,22H,1-3H3. The fourth-order valence-corrected chi connectivity index (χ4v) is 3.65. The average Bonchev–Trinajstić information content (AvgIpc) is 3.17. The van der Waals surface area contributed by atoms with Gasteiger partial charge in [0.2, 0.25) is 0 Å². The van der Waals surface area contributed by atoms with E-state index in [1.807, 2.05) is 30.3 Å². The summed E-state index contributed by atoms with van der Waals surface area (Å²) in [6.45, 7) is 0. The highest BCUT2D eigenvalue weighted by atomic mass is 16.6. The van der Waals surface area contributed by atoms with E-state index >= 15 is 0 Å². The lowest BCUT2D eigenvalue weighted by Crippen LogP contribution is -2.36. The van der Waals surface area contributed by atoms with Crippen LogP contribution in [0.25, 0.3) is 27.8 Å². The molecule has 152 valence electrons. The number of hydrogen-bond acceptors (Lipinski definition) is 5. The zero-order valence-corrected chi connectivity index (χ0v) is 16.6. The van der Waals surface area contributed by atoms with Gasteiger partial charge >= 0.3 is 5.69 Å². The Bertz CT molecular complexity index is 1410. The molecule has 0 aliphatic heterocycles. The van der Waals surface area contributed by atoms with Crippen LogP contribution in [-0.4, -0.2) is 25.7 Å². The van der Waals surface area contributed by atoms with Crippen LogP contribution >= 0.6 is 0 Å². The summed E-state index contributed by atoms with van der Waals surface area (Å²) in [6, 6.07) is 13.7. The first-order valence-corrected chi connectivity index (χ1v) is 9.18. The molecule has 0 atom stereocenters. The third-order valence-electron chi connectivity index (χ3n) is 5.21. The molecule has 2 aromatic heterocycles. The maximum absolute atomic E-state index is 13.1. The Labute approximate surface area is 170 Å². The molecule has 0 aliphatic rings. The molecule has 2 heterocycles. The predicted molar refractivity (Wildman–Crippen MR) is 115 cm³/mol. The fraction of sp³-hybridized carbons (Fsp3) is 0.143. The van der Waals surface area contributed by atoms with Crippen molar-refractivity contribution in [3.63, 3.8) is 0 Å². The number of nitrogens with one attached hydrogen (secondary N) is 1. The second kappa shape index (κ2) is 7.03. The Kier molecular flexibility index (Phi) is 4.50. The Hall–Kier alpha value is -4.14. The molecular formula is C21H19N5O4. The molecule has 0 spiro atoms. The monoisotopic (exact) mass is 405 g/mol. The maximum Gasteiger partial charge on any atom is 0.330 e. The lowest BCUT2D eigenvalue weighted by atomic mass is 10.1. The maximum atomic E-state index is 13.1. The quantitative estimate of drug-likeness (QED) is 0.415. The number of nitro benzene ring substituents is 1. The Morgan fingerprint density at radius 3 is 2.33 bits per heavy atom. The van der Waals surface area contributed by atoms with Crippen LogP contribution in [0.2, 0.25) is 0 Å². The number of fused-ring (bicyclic) bond motifs is 1. The summed E-state index contributed by atoms with van der Waals surface area (Å²) < 4.78 is 4.18. The van der Waals surface area contributed by atoms with Crippen molar-refractivity contribution in [2.45, 2.75) is 0 Å². The molecule has 0 aliphatic carbocycles. The minimum Gasteiger partial charge on any atom is -0.386 e. The molecule has 4 aromatic rings. The average molecular weight is 405 g/mol. The molecule has 1 N–H and O–H groups in total. The molecule has 0 saturated carbocycles. The third kappa shape index (κ3) is 2.79. The molecule has 0 radical (unpaired) electrons. The summed E-state index contributed by atoms with van der Waals surface area (Å²) in [6.07, 6.45) is 1.67. The van der Waals surface area contributed by atoms with Gasteiger partial charge in [0.15, 0.2) is 0 Å². The molecule has 0 saturated heterocycles. The zero-order chi connectivity index (χ0) is 21.6. The molecule has 9 heteroatoms. The van der Waals surface area contributed by atoms with Crippen molar-refractivity contribution in [1.29, 1.82) is 0 Å². The van der Waals surface area contributed by atoms with E-state index < -0.39 is 16.2 Å². The highest BCUT2D eigenvalue weighted by Crippen LogP contribution is 2.34. The first kappa shape index (κ1) is 19.2.